The number of benzene rings is 2. The van der Waals surface area contributed by atoms with Crippen molar-refractivity contribution in [1.29, 1.82) is 0 Å². The van der Waals surface area contributed by atoms with E-state index in [9.17, 15) is 9.59 Å². The second-order valence-electron chi connectivity index (χ2n) is 7.90. The van der Waals surface area contributed by atoms with Gasteiger partial charge in [0.15, 0.2) is 5.54 Å². The first-order valence-corrected chi connectivity index (χ1v) is 9.85. The number of ether oxygens (including phenoxy) is 1. The standard InChI is InChI=1S/C23H23N3O3/c1-23-21-18(17-5-3-4-6-19(17)24-21)11-12-26(23)20(27)14-25(22(23)28)13-15-7-9-16(29-2)10-8-15/h3-10,24H,11-14H2,1-2H3. The van der Waals surface area contributed by atoms with Crippen LogP contribution in [0.5, 0.6) is 5.75 Å². The molecule has 0 radical (unpaired) electrons. The number of para-hydroxylation sites is 1. The maximum absolute atomic E-state index is 13.7. The summed E-state index contributed by atoms with van der Waals surface area (Å²) in [4.78, 5) is 33.5. The van der Waals surface area contributed by atoms with Crippen molar-refractivity contribution in [3.05, 3.63) is 65.4 Å². The van der Waals surface area contributed by atoms with Crippen LogP contribution in [0.25, 0.3) is 10.9 Å². The molecule has 6 nitrogen and oxygen atoms in total. The predicted octanol–water partition coefficient (Wildman–Crippen LogP) is 2.82. The zero-order valence-electron chi connectivity index (χ0n) is 16.6. The highest BCUT2D eigenvalue weighted by molar-refractivity contribution is 6.00. The zero-order chi connectivity index (χ0) is 20.2. The number of piperazine rings is 1. The minimum absolute atomic E-state index is 0.00934. The summed E-state index contributed by atoms with van der Waals surface area (Å²) < 4.78 is 5.21. The van der Waals surface area contributed by atoms with Crippen LogP contribution in [0, 0.1) is 0 Å². The molecule has 148 valence electrons. The number of aromatic amines is 1. The molecule has 5 rings (SSSR count). The Bertz CT molecular complexity index is 1120. The number of rotatable bonds is 3. The van der Waals surface area contributed by atoms with Crippen LogP contribution >= 0.6 is 0 Å². The molecule has 1 fully saturated rings. The minimum atomic E-state index is -1.01. The molecule has 2 aliphatic heterocycles. The average molecular weight is 389 g/mol. The monoisotopic (exact) mass is 389 g/mol. The number of carbonyl (C=O) groups is 2. The summed E-state index contributed by atoms with van der Waals surface area (Å²) in [5.74, 6) is 0.716. The molecule has 2 aromatic carbocycles. The van der Waals surface area contributed by atoms with Crippen molar-refractivity contribution in [3.8, 4) is 5.75 Å². The van der Waals surface area contributed by atoms with Crippen LogP contribution in [-0.4, -0.2) is 46.8 Å². The third-order valence-corrected chi connectivity index (χ3v) is 6.29. The lowest BCUT2D eigenvalue weighted by Gasteiger charge is -2.49. The number of amides is 2. The maximum Gasteiger partial charge on any atom is 0.255 e. The zero-order valence-corrected chi connectivity index (χ0v) is 16.6. The number of aromatic nitrogens is 1. The topological polar surface area (TPSA) is 65.6 Å². The highest BCUT2D eigenvalue weighted by Crippen LogP contribution is 2.42. The fourth-order valence-corrected chi connectivity index (χ4v) is 4.76. The van der Waals surface area contributed by atoms with Crippen molar-refractivity contribution in [2.75, 3.05) is 20.2 Å². The molecule has 3 aromatic rings. The summed E-state index contributed by atoms with van der Waals surface area (Å²) in [6.07, 6.45) is 0.756. The largest absolute Gasteiger partial charge is 0.497 e. The normalized spacial score (nSPS) is 21.3. The lowest BCUT2D eigenvalue weighted by atomic mass is 9.83. The van der Waals surface area contributed by atoms with Gasteiger partial charge in [0.2, 0.25) is 5.91 Å². The first-order chi connectivity index (χ1) is 14.0. The Morgan fingerprint density at radius 3 is 2.62 bits per heavy atom. The van der Waals surface area contributed by atoms with Gasteiger partial charge in [-0.2, -0.15) is 0 Å². The van der Waals surface area contributed by atoms with Crippen LogP contribution < -0.4 is 4.74 Å². The second kappa shape index (κ2) is 6.37. The second-order valence-corrected chi connectivity index (χ2v) is 7.90. The van der Waals surface area contributed by atoms with E-state index in [0.29, 0.717) is 13.1 Å². The molecule has 1 N–H and O–H groups in total. The fourth-order valence-electron chi connectivity index (χ4n) is 4.76. The van der Waals surface area contributed by atoms with Crippen LogP contribution in [0.4, 0.5) is 0 Å². The predicted molar refractivity (Wildman–Crippen MR) is 109 cm³/mol. The van der Waals surface area contributed by atoms with Gasteiger partial charge >= 0.3 is 0 Å². The fraction of sp³-hybridized carbons (Fsp3) is 0.304. The lowest BCUT2D eigenvalue weighted by Crippen LogP contribution is -2.66. The van der Waals surface area contributed by atoms with Gasteiger partial charge in [0.05, 0.1) is 12.8 Å². The SMILES string of the molecule is COc1ccc(CN2CC(=O)N3CCc4c([nH]c5ccccc45)C3(C)C2=O)cc1. The number of fused-ring (bicyclic) bond motifs is 5. The lowest BCUT2D eigenvalue weighted by molar-refractivity contribution is -0.166. The van der Waals surface area contributed by atoms with Crippen LogP contribution in [-0.2, 0) is 28.1 Å². The number of nitrogens with one attached hydrogen (secondary N) is 1. The summed E-state index contributed by atoms with van der Waals surface area (Å²) in [6, 6.07) is 15.7. The van der Waals surface area contributed by atoms with E-state index in [2.05, 4.69) is 11.1 Å². The van der Waals surface area contributed by atoms with Crippen molar-refractivity contribution in [2.45, 2.75) is 25.4 Å². The Morgan fingerprint density at radius 1 is 1.10 bits per heavy atom. The van der Waals surface area contributed by atoms with E-state index in [-0.39, 0.29) is 18.4 Å². The number of nitrogens with zero attached hydrogens (tertiary/aromatic N) is 2. The highest BCUT2D eigenvalue weighted by atomic mass is 16.5. The highest BCUT2D eigenvalue weighted by Gasteiger charge is 2.54. The molecule has 1 atom stereocenters. The first-order valence-electron chi connectivity index (χ1n) is 9.85. The molecular formula is C23H23N3O3. The number of hydrogen-bond acceptors (Lipinski definition) is 3. The van der Waals surface area contributed by atoms with Crippen LogP contribution in [0.15, 0.2) is 48.5 Å². The number of carbonyl (C=O) groups excluding carboxylic acids is 2. The molecule has 0 aliphatic carbocycles. The van der Waals surface area contributed by atoms with Gasteiger partial charge in [0.1, 0.15) is 12.3 Å². The molecule has 6 heteroatoms. The van der Waals surface area contributed by atoms with Gasteiger partial charge in [-0.25, -0.2) is 0 Å². The summed E-state index contributed by atoms with van der Waals surface area (Å²) in [7, 11) is 1.62. The molecule has 2 amide bonds. The summed E-state index contributed by atoms with van der Waals surface area (Å²) in [5, 5.41) is 1.14. The Balaban J connectivity index is 1.55. The first kappa shape index (κ1) is 17.8. The van der Waals surface area contributed by atoms with Crippen molar-refractivity contribution in [3.63, 3.8) is 0 Å². The van der Waals surface area contributed by atoms with E-state index in [1.807, 2.05) is 49.4 Å². The van der Waals surface area contributed by atoms with Gasteiger partial charge in [-0.3, -0.25) is 9.59 Å². The molecule has 3 heterocycles. The molecular weight excluding hydrogens is 366 g/mol. The molecule has 1 aromatic heterocycles. The van der Waals surface area contributed by atoms with E-state index < -0.39 is 5.54 Å². The van der Waals surface area contributed by atoms with Gasteiger partial charge in [-0.1, -0.05) is 30.3 Å². The summed E-state index contributed by atoms with van der Waals surface area (Å²) in [6.45, 7) is 2.94. The van der Waals surface area contributed by atoms with Crippen LogP contribution in [0.1, 0.15) is 23.7 Å². The molecule has 0 saturated carbocycles. The van der Waals surface area contributed by atoms with E-state index in [1.54, 1.807) is 16.9 Å². The summed E-state index contributed by atoms with van der Waals surface area (Å²) in [5.41, 5.74) is 2.97. The molecule has 0 spiro atoms. The van der Waals surface area contributed by atoms with Gasteiger partial charge in [-0.05, 0) is 42.7 Å². The van der Waals surface area contributed by atoms with Gasteiger partial charge in [0, 0.05) is 24.0 Å². The van der Waals surface area contributed by atoms with Crippen LogP contribution in [0.2, 0.25) is 0 Å². The Kier molecular flexibility index (Phi) is 3.91. The molecule has 1 unspecified atom stereocenters. The maximum atomic E-state index is 13.7. The molecule has 1 saturated heterocycles. The van der Waals surface area contributed by atoms with E-state index in [1.165, 1.54) is 0 Å². The Labute approximate surface area is 169 Å². The van der Waals surface area contributed by atoms with Crippen molar-refractivity contribution in [2.24, 2.45) is 0 Å². The Morgan fingerprint density at radius 2 is 1.86 bits per heavy atom. The molecule has 2 aliphatic rings. The van der Waals surface area contributed by atoms with E-state index >= 15 is 0 Å². The van der Waals surface area contributed by atoms with Crippen LogP contribution in [0.3, 0.4) is 0 Å². The molecule has 0 bridgehead atoms. The number of hydrogen-bond donors (Lipinski definition) is 1. The number of H-pyrrole nitrogens is 1. The van der Waals surface area contributed by atoms with Gasteiger partial charge in [0.25, 0.3) is 5.91 Å². The minimum Gasteiger partial charge on any atom is -0.497 e. The number of methoxy groups -OCH3 is 1. The van der Waals surface area contributed by atoms with Gasteiger partial charge < -0.3 is 19.5 Å². The molecule has 29 heavy (non-hydrogen) atoms. The van der Waals surface area contributed by atoms with E-state index in [4.69, 9.17) is 4.74 Å². The third kappa shape index (κ3) is 2.55. The smallest absolute Gasteiger partial charge is 0.255 e. The quantitative estimate of drug-likeness (QED) is 0.749. The average Bonchev–Trinajstić information content (AvgIpc) is 3.13. The van der Waals surface area contributed by atoms with Crippen molar-refractivity contribution < 1.29 is 14.3 Å². The van der Waals surface area contributed by atoms with Crippen molar-refractivity contribution in [1.82, 2.24) is 14.8 Å². The van der Waals surface area contributed by atoms with Crippen molar-refractivity contribution >= 4 is 22.7 Å². The summed E-state index contributed by atoms with van der Waals surface area (Å²) >= 11 is 0. The van der Waals surface area contributed by atoms with E-state index in [0.717, 1.165) is 39.9 Å². The third-order valence-electron chi connectivity index (χ3n) is 6.29. The van der Waals surface area contributed by atoms with Gasteiger partial charge in [-0.15, -0.1) is 0 Å². The Hall–Kier alpha value is -3.28.